The lowest BCUT2D eigenvalue weighted by Gasteiger charge is -2.19. The van der Waals surface area contributed by atoms with Crippen molar-refractivity contribution in [2.24, 2.45) is 11.7 Å². The number of amides is 2. The predicted molar refractivity (Wildman–Crippen MR) is 95.0 cm³/mol. The van der Waals surface area contributed by atoms with Crippen LogP contribution in [0.1, 0.15) is 36.7 Å². The number of hydrogen-bond donors (Lipinski definition) is 3. The molecule has 1 aliphatic rings. The van der Waals surface area contributed by atoms with Crippen molar-refractivity contribution in [2.45, 2.75) is 46.1 Å². The van der Waals surface area contributed by atoms with E-state index in [0.29, 0.717) is 18.9 Å². The SMILES string of the molecule is CCC[C@H]1CN(CC(N)=O)C[C@@H]1NC(=O)Cc1c(C)n[nH]c1C.Cl. The quantitative estimate of drug-likeness (QED) is 0.667. The number of primary amides is 1. The summed E-state index contributed by atoms with van der Waals surface area (Å²) in [5, 5.41) is 10.2. The number of aryl methyl sites for hydroxylation is 2. The Morgan fingerprint density at radius 3 is 2.62 bits per heavy atom. The molecule has 2 atom stereocenters. The number of hydrogen-bond acceptors (Lipinski definition) is 4. The van der Waals surface area contributed by atoms with Crippen LogP contribution in [0.4, 0.5) is 0 Å². The molecule has 4 N–H and O–H groups in total. The van der Waals surface area contributed by atoms with Crippen LogP contribution in [-0.4, -0.2) is 52.6 Å². The second-order valence-electron chi connectivity index (χ2n) is 6.47. The van der Waals surface area contributed by atoms with Crippen molar-refractivity contribution in [1.82, 2.24) is 20.4 Å². The monoisotopic (exact) mass is 357 g/mol. The summed E-state index contributed by atoms with van der Waals surface area (Å²) in [4.78, 5) is 25.5. The second-order valence-corrected chi connectivity index (χ2v) is 6.47. The van der Waals surface area contributed by atoms with Gasteiger partial charge in [0.05, 0.1) is 18.7 Å². The first-order chi connectivity index (χ1) is 10.9. The summed E-state index contributed by atoms with van der Waals surface area (Å²) in [6.45, 7) is 7.71. The molecule has 1 fully saturated rings. The molecule has 0 aromatic carbocycles. The molecule has 1 saturated heterocycles. The molecule has 0 spiro atoms. The molecule has 8 heteroatoms. The van der Waals surface area contributed by atoms with E-state index in [9.17, 15) is 9.59 Å². The van der Waals surface area contributed by atoms with Gasteiger partial charge in [-0.2, -0.15) is 5.10 Å². The van der Waals surface area contributed by atoms with Crippen LogP contribution in [0.15, 0.2) is 0 Å². The number of likely N-dealkylation sites (tertiary alicyclic amines) is 1. The highest BCUT2D eigenvalue weighted by molar-refractivity contribution is 5.85. The highest BCUT2D eigenvalue weighted by Crippen LogP contribution is 2.22. The number of aromatic amines is 1. The van der Waals surface area contributed by atoms with E-state index in [1.54, 1.807) is 0 Å². The summed E-state index contributed by atoms with van der Waals surface area (Å²) in [6, 6.07) is 0.0781. The molecular formula is C16H28ClN5O2. The Labute approximate surface area is 149 Å². The van der Waals surface area contributed by atoms with E-state index in [2.05, 4.69) is 22.4 Å². The van der Waals surface area contributed by atoms with E-state index in [0.717, 1.165) is 36.3 Å². The molecule has 0 bridgehead atoms. The Bertz CT molecular complexity index is 555. The van der Waals surface area contributed by atoms with Gasteiger partial charge in [-0.05, 0) is 26.2 Å². The molecule has 0 unspecified atom stereocenters. The number of nitrogens with one attached hydrogen (secondary N) is 2. The average Bonchev–Trinajstić information content (AvgIpc) is 2.96. The third-order valence-electron chi connectivity index (χ3n) is 4.52. The first-order valence-electron chi connectivity index (χ1n) is 8.21. The lowest BCUT2D eigenvalue weighted by atomic mass is 9.98. The summed E-state index contributed by atoms with van der Waals surface area (Å²) in [5.41, 5.74) is 8.04. The van der Waals surface area contributed by atoms with E-state index in [1.165, 1.54) is 0 Å². The standard InChI is InChI=1S/C16H27N5O2.ClH/c1-4-5-12-7-21(9-15(17)22)8-14(12)18-16(23)6-13-10(2)19-20-11(13)3;/h12,14H,4-9H2,1-3H3,(H2,17,22)(H,18,23)(H,19,20);1H/t12-,14-;/m0./s1. The third-order valence-corrected chi connectivity index (χ3v) is 4.52. The van der Waals surface area contributed by atoms with Gasteiger partial charge in [0.1, 0.15) is 0 Å². The number of nitrogens with zero attached hydrogens (tertiary/aromatic N) is 2. The van der Waals surface area contributed by atoms with E-state index in [-0.39, 0.29) is 36.8 Å². The minimum absolute atomic E-state index is 0. The lowest BCUT2D eigenvalue weighted by molar-refractivity contribution is -0.121. The first kappa shape index (κ1) is 20.4. The fraction of sp³-hybridized carbons (Fsp3) is 0.688. The number of nitrogens with two attached hydrogens (primary N) is 1. The number of halogens is 1. The van der Waals surface area contributed by atoms with E-state index in [4.69, 9.17) is 5.73 Å². The molecule has 0 aliphatic carbocycles. The molecule has 2 rings (SSSR count). The molecule has 2 heterocycles. The smallest absolute Gasteiger partial charge is 0.231 e. The summed E-state index contributed by atoms with van der Waals surface area (Å²) in [6.07, 6.45) is 2.42. The van der Waals surface area contributed by atoms with Crippen molar-refractivity contribution in [3.63, 3.8) is 0 Å². The van der Waals surface area contributed by atoms with Crippen molar-refractivity contribution >= 4 is 24.2 Å². The summed E-state index contributed by atoms with van der Waals surface area (Å²) >= 11 is 0. The Balaban J connectivity index is 0.00000288. The van der Waals surface area contributed by atoms with Crippen LogP contribution in [-0.2, 0) is 16.0 Å². The maximum Gasteiger partial charge on any atom is 0.231 e. The molecule has 2 amide bonds. The van der Waals surface area contributed by atoms with Gasteiger partial charge in [0, 0.05) is 30.4 Å². The molecule has 0 saturated carbocycles. The molecular weight excluding hydrogens is 330 g/mol. The van der Waals surface area contributed by atoms with Crippen LogP contribution in [0.2, 0.25) is 0 Å². The van der Waals surface area contributed by atoms with Crippen LogP contribution in [0.3, 0.4) is 0 Å². The second kappa shape index (κ2) is 9.03. The van der Waals surface area contributed by atoms with Crippen molar-refractivity contribution in [1.29, 1.82) is 0 Å². The van der Waals surface area contributed by atoms with Crippen molar-refractivity contribution < 1.29 is 9.59 Å². The summed E-state index contributed by atoms with van der Waals surface area (Å²) in [7, 11) is 0. The highest BCUT2D eigenvalue weighted by atomic mass is 35.5. The van der Waals surface area contributed by atoms with Crippen LogP contribution >= 0.6 is 12.4 Å². The molecule has 0 radical (unpaired) electrons. The number of rotatable bonds is 7. The van der Waals surface area contributed by atoms with Gasteiger partial charge in [-0.1, -0.05) is 13.3 Å². The Kier molecular flexibility index (Phi) is 7.69. The zero-order valence-corrected chi connectivity index (χ0v) is 15.4. The number of carbonyl (C=O) groups excluding carboxylic acids is 2. The summed E-state index contributed by atoms with van der Waals surface area (Å²) < 4.78 is 0. The average molecular weight is 358 g/mol. The molecule has 7 nitrogen and oxygen atoms in total. The fourth-order valence-corrected chi connectivity index (χ4v) is 3.39. The van der Waals surface area contributed by atoms with E-state index in [1.807, 2.05) is 18.7 Å². The largest absolute Gasteiger partial charge is 0.369 e. The Morgan fingerprint density at radius 1 is 1.38 bits per heavy atom. The topological polar surface area (TPSA) is 104 Å². The Hall–Kier alpha value is -1.60. The fourth-order valence-electron chi connectivity index (χ4n) is 3.39. The van der Waals surface area contributed by atoms with Crippen LogP contribution < -0.4 is 11.1 Å². The van der Waals surface area contributed by atoms with Gasteiger partial charge in [0.25, 0.3) is 0 Å². The van der Waals surface area contributed by atoms with E-state index >= 15 is 0 Å². The van der Waals surface area contributed by atoms with Crippen LogP contribution in [0, 0.1) is 19.8 Å². The third kappa shape index (κ3) is 5.21. The lowest BCUT2D eigenvalue weighted by Crippen LogP contribution is -2.42. The van der Waals surface area contributed by atoms with Crippen molar-refractivity contribution in [2.75, 3.05) is 19.6 Å². The van der Waals surface area contributed by atoms with Gasteiger partial charge in [0.15, 0.2) is 0 Å². The number of H-pyrrole nitrogens is 1. The van der Waals surface area contributed by atoms with Gasteiger partial charge in [-0.3, -0.25) is 19.6 Å². The van der Waals surface area contributed by atoms with E-state index < -0.39 is 0 Å². The molecule has 1 aromatic heterocycles. The normalized spacial score (nSPS) is 20.6. The molecule has 136 valence electrons. The van der Waals surface area contributed by atoms with Gasteiger partial charge in [-0.25, -0.2) is 0 Å². The van der Waals surface area contributed by atoms with Gasteiger partial charge < -0.3 is 11.1 Å². The maximum absolute atomic E-state index is 12.4. The van der Waals surface area contributed by atoms with Crippen molar-refractivity contribution in [3.8, 4) is 0 Å². The zero-order chi connectivity index (χ0) is 17.0. The van der Waals surface area contributed by atoms with Crippen molar-refractivity contribution in [3.05, 3.63) is 17.0 Å². The minimum Gasteiger partial charge on any atom is -0.369 e. The predicted octanol–water partition coefficient (Wildman–Crippen LogP) is 0.693. The molecule has 1 aromatic rings. The number of carbonyl (C=O) groups is 2. The number of aromatic nitrogens is 2. The van der Waals surface area contributed by atoms with Gasteiger partial charge in [0.2, 0.25) is 11.8 Å². The summed E-state index contributed by atoms with van der Waals surface area (Å²) in [5.74, 6) is 0.0522. The van der Waals surface area contributed by atoms with Gasteiger partial charge >= 0.3 is 0 Å². The minimum atomic E-state index is -0.322. The Morgan fingerprint density at radius 2 is 2.08 bits per heavy atom. The van der Waals surface area contributed by atoms with Crippen LogP contribution in [0.25, 0.3) is 0 Å². The van der Waals surface area contributed by atoms with Gasteiger partial charge in [-0.15, -0.1) is 12.4 Å². The zero-order valence-electron chi connectivity index (χ0n) is 14.6. The molecule has 1 aliphatic heterocycles. The first-order valence-corrected chi connectivity index (χ1v) is 8.21. The highest BCUT2D eigenvalue weighted by Gasteiger charge is 2.33. The molecule has 24 heavy (non-hydrogen) atoms. The maximum atomic E-state index is 12.4. The van der Waals surface area contributed by atoms with Crippen LogP contribution in [0.5, 0.6) is 0 Å².